The molecule has 0 bridgehead atoms. The van der Waals surface area contributed by atoms with Crippen molar-refractivity contribution >= 4 is 35.6 Å². The van der Waals surface area contributed by atoms with Crippen LogP contribution in [-0.4, -0.2) is 43.9 Å². The van der Waals surface area contributed by atoms with Gasteiger partial charge in [0.1, 0.15) is 0 Å². The molecule has 1 aromatic carbocycles. The molecule has 2 aromatic rings. The van der Waals surface area contributed by atoms with Gasteiger partial charge in [0.25, 0.3) is 0 Å². The van der Waals surface area contributed by atoms with E-state index in [2.05, 4.69) is 25.8 Å². The molecule has 0 radical (unpaired) electrons. The number of guanidine groups is 1. The van der Waals surface area contributed by atoms with Crippen molar-refractivity contribution in [2.75, 3.05) is 33.1 Å². The molecular weight excluding hydrogens is 437 g/mol. The number of methoxy groups -OCH3 is 2. The number of benzene rings is 1. The Balaban J connectivity index is 0.00000312. The second-order valence-corrected chi connectivity index (χ2v) is 5.03. The van der Waals surface area contributed by atoms with E-state index in [-0.39, 0.29) is 24.0 Å². The van der Waals surface area contributed by atoms with Crippen molar-refractivity contribution in [1.82, 2.24) is 15.5 Å². The number of aliphatic imine (C=N–C) groups is 1. The standard InChI is InChI=1S/C16H23N5O3.HI/c1-11-19-15(24-21-11)6-5-9-18-16(17-2)20-12-7-8-13(22-3)14(10-12)23-4;/h7-8,10H,5-6,9H2,1-4H3,(H2,17,18,20);1H. The van der Waals surface area contributed by atoms with Gasteiger partial charge in [0.2, 0.25) is 5.89 Å². The largest absolute Gasteiger partial charge is 0.493 e. The molecule has 0 saturated carbocycles. The molecule has 138 valence electrons. The van der Waals surface area contributed by atoms with Crippen LogP contribution in [0.15, 0.2) is 27.7 Å². The number of hydrogen-bond acceptors (Lipinski definition) is 6. The number of rotatable bonds is 7. The summed E-state index contributed by atoms with van der Waals surface area (Å²) < 4.78 is 15.6. The Morgan fingerprint density at radius 3 is 2.60 bits per heavy atom. The van der Waals surface area contributed by atoms with E-state index in [0.717, 1.165) is 25.1 Å². The molecule has 0 unspecified atom stereocenters. The molecule has 1 heterocycles. The fourth-order valence-electron chi connectivity index (χ4n) is 2.12. The second kappa shape index (κ2) is 10.7. The first-order valence-corrected chi connectivity index (χ1v) is 7.65. The average molecular weight is 461 g/mol. The molecule has 0 saturated heterocycles. The minimum absolute atomic E-state index is 0. The SMILES string of the molecule is CN=C(NCCCc1nc(C)no1)Nc1ccc(OC)c(OC)c1.I. The summed E-state index contributed by atoms with van der Waals surface area (Å²) in [4.78, 5) is 8.37. The zero-order valence-corrected chi connectivity index (χ0v) is 17.2. The number of hydrogen-bond donors (Lipinski definition) is 2. The lowest BCUT2D eigenvalue weighted by Crippen LogP contribution is -2.31. The lowest BCUT2D eigenvalue weighted by molar-refractivity contribution is 0.355. The Labute approximate surface area is 164 Å². The minimum atomic E-state index is 0. The van der Waals surface area contributed by atoms with E-state index in [1.165, 1.54) is 0 Å². The normalized spacial score (nSPS) is 10.8. The van der Waals surface area contributed by atoms with Gasteiger partial charge in [-0.25, -0.2) is 0 Å². The monoisotopic (exact) mass is 461 g/mol. The highest BCUT2D eigenvalue weighted by Gasteiger charge is 2.07. The molecule has 9 heteroatoms. The Morgan fingerprint density at radius 1 is 1.24 bits per heavy atom. The van der Waals surface area contributed by atoms with Gasteiger partial charge in [-0.05, 0) is 25.5 Å². The third kappa shape index (κ3) is 6.40. The smallest absolute Gasteiger partial charge is 0.226 e. The van der Waals surface area contributed by atoms with E-state index >= 15 is 0 Å². The maximum atomic E-state index is 5.29. The van der Waals surface area contributed by atoms with Crippen LogP contribution in [-0.2, 0) is 6.42 Å². The summed E-state index contributed by atoms with van der Waals surface area (Å²) >= 11 is 0. The summed E-state index contributed by atoms with van der Waals surface area (Å²) in [5, 5.41) is 10.2. The van der Waals surface area contributed by atoms with Crippen LogP contribution in [0.1, 0.15) is 18.1 Å². The maximum Gasteiger partial charge on any atom is 0.226 e. The van der Waals surface area contributed by atoms with E-state index < -0.39 is 0 Å². The number of nitrogens with zero attached hydrogens (tertiary/aromatic N) is 3. The van der Waals surface area contributed by atoms with E-state index in [0.29, 0.717) is 29.2 Å². The zero-order valence-electron chi connectivity index (χ0n) is 14.8. The Kier molecular flexibility index (Phi) is 9.03. The van der Waals surface area contributed by atoms with Crippen molar-refractivity contribution in [3.05, 3.63) is 29.9 Å². The number of ether oxygens (including phenoxy) is 2. The third-order valence-corrected chi connectivity index (χ3v) is 3.30. The average Bonchev–Trinajstić information content (AvgIpc) is 3.02. The molecule has 2 rings (SSSR count). The summed E-state index contributed by atoms with van der Waals surface area (Å²) in [7, 11) is 4.93. The number of anilines is 1. The van der Waals surface area contributed by atoms with Gasteiger partial charge in [0.15, 0.2) is 23.3 Å². The van der Waals surface area contributed by atoms with Gasteiger partial charge >= 0.3 is 0 Å². The van der Waals surface area contributed by atoms with E-state index in [4.69, 9.17) is 14.0 Å². The Hall–Kier alpha value is -2.04. The predicted octanol–water partition coefficient (Wildman–Crippen LogP) is 2.63. The molecule has 0 atom stereocenters. The van der Waals surface area contributed by atoms with Crippen molar-refractivity contribution in [1.29, 1.82) is 0 Å². The topological polar surface area (TPSA) is 93.8 Å². The molecule has 0 aliphatic heterocycles. The molecule has 0 spiro atoms. The number of halogens is 1. The predicted molar refractivity (Wildman–Crippen MR) is 107 cm³/mol. The Morgan fingerprint density at radius 2 is 2.00 bits per heavy atom. The summed E-state index contributed by atoms with van der Waals surface area (Å²) in [6, 6.07) is 5.59. The molecule has 0 aliphatic rings. The first-order valence-electron chi connectivity index (χ1n) is 7.65. The molecule has 0 fully saturated rings. The summed E-state index contributed by atoms with van der Waals surface area (Å²) in [5.41, 5.74) is 0.855. The summed E-state index contributed by atoms with van der Waals surface area (Å²) in [5.74, 6) is 3.32. The van der Waals surface area contributed by atoms with Gasteiger partial charge in [-0.1, -0.05) is 5.16 Å². The lowest BCUT2D eigenvalue weighted by atomic mass is 10.2. The zero-order chi connectivity index (χ0) is 17.4. The highest BCUT2D eigenvalue weighted by Crippen LogP contribution is 2.29. The van der Waals surface area contributed by atoms with Crippen molar-refractivity contribution in [3.63, 3.8) is 0 Å². The minimum Gasteiger partial charge on any atom is -0.493 e. The fraction of sp³-hybridized carbons (Fsp3) is 0.438. The van der Waals surface area contributed by atoms with Gasteiger partial charge in [0, 0.05) is 31.8 Å². The van der Waals surface area contributed by atoms with Crippen molar-refractivity contribution < 1.29 is 14.0 Å². The van der Waals surface area contributed by atoms with Crippen LogP contribution < -0.4 is 20.1 Å². The highest BCUT2D eigenvalue weighted by atomic mass is 127. The quantitative estimate of drug-likeness (QED) is 0.284. The van der Waals surface area contributed by atoms with Crippen molar-refractivity contribution in [2.24, 2.45) is 4.99 Å². The Bertz CT molecular complexity index is 690. The number of aromatic nitrogens is 2. The van der Waals surface area contributed by atoms with Crippen molar-refractivity contribution in [2.45, 2.75) is 19.8 Å². The van der Waals surface area contributed by atoms with Crippen LogP contribution in [0.4, 0.5) is 5.69 Å². The van der Waals surface area contributed by atoms with Gasteiger partial charge in [-0.2, -0.15) is 4.98 Å². The van der Waals surface area contributed by atoms with Crippen LogP contribution in [0.5, 0.6) is 11.5 Å². The number of aryl methyl sites for hydroxylation is 2. The maximum absolute atomic E-state index is 5.29. The fourth-order valence-corrected chi connectivity index (χ4v) is 2.12. The van der Waals surface area contributed by atoms with E-state index in [1.54, 1.807) is 28.2 Å². The molecule has 8 nitrogen and oxygen atoms in total. The highest BCUT2D eigenvalue weighted by molar-refractivity contribution is 14.0. The van der Waals surface area contributed by atoms with Gasteiger partial charge in [-0.3, -0.25) is 4.99 Å². The summed E-state index contributed by atoms with van der Waals surface area (Å²) in [6.07, 6.45) is 1.58. The van der Waals surface area contributed by atoms with Crippen LogP contribution in [0.2, 0.25) is 0 Å². The molecule has 1 aromatic heterocycles. The third-order valence-electron chi connectivity index (χ3n) is 3.30. The molecule has 25 heavy (non-hydrogen) atoms. The van der Waals surface area contributed by atoms with Crippen molar-refractivity contribution in [3.8, 4) is 11.5 Å². The molecule has 2 N–H and O–H groups in total. The van der Waals surface area contributed by atoms with Gasteiger partial charge in [0.05, 0.1) is 14.2 Å². The van der Waals surface area contributed by atoms with Crippen LogP contribution in [0.25, 0.3) is 0 Å². The number of nitrogens with one attached hydrogen (secondary N) is 2. The van der Waals surface area contributed by atoms with Crippen LogP contribution in [0, 0.1) is 6.92 Å². The van der Waals surface area contributed by atoms with Crippen LogP contribution in [0.3, 0.4) is 0 Å². The van der Waals surface area contributed by atoms with Crippen LogP contribution >= 0.6 is 24.0 Å². The van der Waals surface area contributed by atoms with E-state index in [1.807, 2.05) is 18.2 Å². The first-order chi connectivity index (χ1) is 11.7. The van der Waals surface area contributed by atoms with Gasteiger partial charge in [-0.15, -0.1) is 24.0 Å². The summed E-state index contributed by atoms with van der Waals surface area (Å²) in [6.45, 7) is 2.54. The molecular formula is C16H24IN5O3. The first kappa shape index (κ1) is 21.0. The van der Waals surface area contributed by atoms with Gasteiger partial charge < -0.3 is 24.6 Å². The lowest BCUT2D eigenvalue weighted by Gasteiger charge is -2.13. The van der Waals surface area contributed by atoms with E-state index in [9.17, 15) is 0 Å². The second-order valence-electron chi connectivity index (χ2n) is 5.03. The molecule has 0 aliphatic carbocycles. The molecule has 0 amide bonds.